The molecule has 0 saturated carbocycles. The van der Waals surface area contributed by atoms with E-state index < -0.39 is 42.8 Å². The van der Waals surface area contributed by atoms with Crippen LogP contribution in [-0.2, 0) is 35.3 Å². The van der Waals surface area contributed by atoms with E-state index in [4.69, 9.17) is 18.9 Å². The predicted octanol–water partition coefficient (Wildman–Crippen LogP) is 1.43. The number of benzene rings is 2. The Morgan fingerprint density at radius 3 is 2.26 bits per heavy atom. The molecular weight excluding hydrogens is 504 g/mol. The summed E-state index contributed by atoms with van der Waals surface area (Å²) in [4.78, 5) is 1.04. The van der Waals surface area contributed by atoms with Crippen LogP contribution in [-0.4, -0.2) is 63.9 Å². The molecule has 0 aliphatic carbocycles. The molecule has 3 unspecified atom stereocenters. The molecule has 2 aromatic carbocycles. The Morgan fingerprint density at radius 1 is 1.03 bits per heavy atom. The number of fused-ring (bicyclic) bond motifs is 2. The molecule has 0 bridgehead atoms. The minimum absolute atomic E-state index is 0.00581. The highest BCUT2D eigenvalue weighted by Crippen LogP contribution is 2.58. The first-order valence-electron chi connectivity index (χ1n) is 10.3. The molecule has 14 heteroatoms. The quantitative estimate of drug-likeness (QED) is 0.366. The number of rotatable bonds is 6. The zero-order valence-corrected chi connectivity index (χ0v) is 21.2. The summed E-state index contributed by atoms with van der Waals surface area (Å²) in [6.45, 7) is 3.00. The average molecular weight is 531 g/mol. The molecule has 2 aliphatic heterocycles. The molecule has 35 heavy (non-hydrogen) atoms. The van der Waals surface area contributed by atoms with Crippen molar-refractivity contribution in [1.82, 2.24) is 0 Å². The number of hydrogen-bond donors (Lipinski definition) is 3. The molecule has 3 atom stereocenters. The fraction of sp³-hybridized carbons (Fsp3) is 0.429. The zero-order valence-electron chi connectivity index (χ0n) is 19.5. The highest BCUT2D eigenvalue weighted by molar-refractivity contribution is 7.92. The van der Waals surface area contributed by atoms with E-state index in [2.05, 4.69) is 4.72 Å². The van der Waals surface area contributed by atoms with Crippen molar-refractivity contribution in [3.05, 3.63) is 48.0 Å². The number of sulfonamides is 1. The van der Waals surface area contributed by atoms with Crippen LogP contribution < -0.4 is 19.1 Å². The maximum Gasteiger partial charge on any atom is 0.324 e. The van der Waals surface area contributed by atoms with E-state index in [9.17, 15) is 26.5 Å². The summed E-state index contributed by atoms with van der Waals surface area (Å²) in [7, 11) is -6.28. The number of para-hydroxylation sites is 2. The fourth-order valence-electron chi connectivity index (χ4n) is 4.66. The average Bonchev–Trinajstić information content (AvgIpc) is 3.15. The van der Waals surface area contributed by atoms with Crippen LogP contribution in [0.1, 0.15) is 19.4 Å². The minimum Gasteiger partial charge on any atom is -0.482 e. The summed E-state index contributed by atoms with van der Waals surface area (Å²) in [5.74, 6) is -2.23. The van der Waals surface area contributed by atoms with Crippen molar-refractivity contribution in [1.29, 1.82) is 0 Å². The van der Waals surface area contributed by atoms with Crippen LogP contribution in [0.5, 0.6) is 11.5 Å². The summed E-state index contributed by atoms with van der Waals surface area (Å²) in [6.07, 6.45) is 0.958. The number of hydrogen-bond acceptors (Lipinski definition) is 10. The van der Waals surface area contributed by atoms with Crippen LogP contribution in [0, 0.1) is 0 Å². The molecule has 192 valence electrons. The number of anilines is 2. The van der Waals surface area contributed by atoms with Crippen LogP contribution in [0.25, 0.3) is 0 Å². The van der Waals surface area contributed by atoms with Crippen molar-refractivity contribution in [2.75, 3.05) is 30.1 Å². The summed E-state index contributed by atoms with van der Waals surface area (Å²) in [6, 6.07) is 10.4. The molecular formula is C21H26N2O10S2. The van der Waals surface area contributed by atoms with Crippen molar-refractivity contribution in [2.45, 2.75) is 36.5 Å². The van der Waals surface area contributed by atoms with E-state index in [0.717, 1.165) is 11.2 Å². The normalized spacial score (nSPS) is 27.4. The monoisotopic (exact) mass is 530 g/mol. The molecule has 0 aromatic heterocycles. The Hall–Kier alpha value is -2.62. The van der Waals surface area contributed by atoms with Gasteiger partial charge >= 0.3 is 15.7 Å². The smallest absolute Gasteiger partial charge is 0.324 e. The van der Waals surface area contributed by atoms with Gasteiger partial charge in [0.25, 0.3) is 5.79 Å². The summed E-state index contributed by atoms with van der Waals surface area (Å²) in [5, 5.41) is 12.1. The van der Waals surface area contributed by atoms with E-state index in [0.29, 0.717) is 0 Å². The molecule has 0 radical (unpaired) electrons. The summed E-state index contributed by atoms with van der Waals surface area (Å²) >= 11 is 0. The fourth-order valence-corrected chi connectivity index (χ4v) is 5.97. The van der Waals surface area contributed by atoms with Gasteiger partial charge in [-0.25, -0.2) is 8.42 Å². The van der Waals surface area contributed by atoms with Crippen molar-refractivity contribution in [3.63, 3.8) is 0 Å². The van der Waals surface area contributed by atoms with E-state index in [1.807, 2.05) is 0 Å². The van der Waals surface area contributed by atoms with Gasteiger partial charge in [-0.1, -0.05) is 12.1 Å². The second-order valence-corrected chi connectivity index (χ2v) is 11.9. The summed E-state index contributed by atoms with van der Waals surface area (Å²) in [5.41, 5.74) is -5.65. The molecule has 3 N–H and O–H groups in total. The lowest BCUT2D eigenvalue weighted by molar-refractivity contribution is -0.368. The Bertz CT molecular complexity index is 1380. The van der Waals surface area contributed by atoms with Crippen LogP contribution in [0.3, 0.4) is 0 Å². The maximum absolute atomic E-state index is 12.5. The largest absolute Gasteiger partial charge is 0.482 e. The minimum atomic E-state index is -4.95. The van der Waals surface area contributed by atoms with Crippen LogP contribution >= 0.6 is 0 Å². The second-order valence-electron chi connectivity index (χ2n) is 8.67. The molecule has 0 fully saturated rings. The Labute approximate surface area is 203 Å². The van der Waals surface area contributed by atoms with E-state index in [1.165, 1.54) is 58.4 Å². The van der Waals surface area contributed by atoms with Crippen molar-refractivity contribution in [3.8, 4) is 11.5 Å². The number of ether oxygens (including phenoxy) is 4. The predicted molar refractivity (Wildman–Crippen MR) is 125 cm³/mol. The maximum atomic E-state index is 12.5. The number of nitrogens with one attached hydrogen (secondary N) is 1. The van der Waals surface area contributed by atoms with Gasteiger partial charge in [-0.05, 0) is 44.2 Å². The molecule has 0 amide bonds. The van der Waals surface area contributed by atoms with E-state index in [-0.39, 0.29) is 28.4 Å². The third-order valence-corrected chi connectivity index (χ3v) is 7.46. The Morgan fingerprint density at radius 2 is 1.69 bits per heavy atom. The molecule has 2 heterocycles. The van der Waals surface area contributed by atoms with Gasteiger partial charge in [0.1, 0.15) is 11.5 Å². The lowest BCUT2D eigenvalue weighted by Crippen LogP contribution is -2.77. The van der Waals surface area contributed by atoms with Crippen molar-refractivity contribution < 1.29 is 45.4 Å². The Balaban J connectivity index is 2.13. The molecule has 0 spiro atoms. The standard InChI is InChI=1S/C21H26N2O10S2/c1-19(2)21(24,31-4)20(30-3,14-12-13(22-34(5,25)26)10-11-16(14)33-19)23-15-8-6-7-9-17(15)32-18(23)35(27,28)29/h6-12,18,22,24H,1-5H3,(H,27,28,29). The van der Waals surface area contributed by atoms with Gasteiger partial charge in [0, 0.05) is 19.9 Å². The van der Waals surface area contributed by atoms with Gasteiger partial charge in [-0.15, -0.1) is 0 Å². The number of methoxy groups -OCH3 is 2. The van der Waals surface area contributed by atoms with Crippen molar-refractivity contribution in [2.24, 2.45) is 0 Å². The van der Waals surface area contributed by atoms with Gasteiger partial charge in [0.2, 0.25) is 15.7 Å². The highest BCUT2D eigenvalue weighted by atomic mass is 32.2. The molecule has 4 rings (SSSR count). The van der Waals surface area contributed by atoms with Crippen LogP contribution in [0.4, 0.5) is 11.4 Å². The molecule has 12 nitrogen and oxygen atoms in total. The first kappa shape index (κ1) is 25.5. The molecule has 2 aromatic rings. The van der Waals surface area contributed by atoms with Crippen LogP contribution in [0.2, 0.25) is 0 Å². The molecule has 0 saturated heterocycles. The Kier molecular flexibility index (Phi) is 5.78. The lowest BCUT2D eigenvalue weighted by Gasteiger charge is -2.58. The first-order valence-corrected chi connectivity index (χ1v) is 13.7. The number of aliphatic hydroxyl groups is 1. The second kappa shape index (κ2) is 7.94. The van der Waals surface area contributed by atoms with Crippen molar-refractivity contribution >= 4 is 31.5 Å². The van der Waals surface area contributed by atoms with E-state index >= 15 is 0 Å². The van der Waals surface area contributed by atoms with Gasteiger partial charge in [-0.2, -0.15) is 8.42 Å². The SMILES string of the molecule is COC1(N2c3ccccc3OC2S(=O)(=O)O)c2cc(NS(C)(=O)=O)ccc2OC(C)(C)C1(O)OC. The highest BCUT2D eigenvalue weighted by Gasteiger charge is 2.73. The van der Waals surface area contributed by atoms with Gasteiger partial charge in [0.15, 0.2) is 5.60 Å². The van der Waals surface area contributed by atoms with Gasteiger partial charge in [-0.3, -0.25) is 14.2 Å². The van der Waals surface area contributed by atoms with E-state index in [1.54, 1.807) is 12.1 Å². The molecule has 2 aliphatic rings. The van der Waals surface area contributed by atoms with Gasteiger partial charge in [0.05, 0.1) is 17.5 Å². The third kappa shape index (κ3) is 3.72. The lowest BCUT2D eigenvalue weighted by atomic mass is 9.78. The number of nitrogens with zero attached hydrogens (tertiary/aromatic N) is 1. The summed E-state index contributed by atoms with van der Waals surface area (Å²) < 4.78 is 84.4. The van der Waals surface area contributed by atoms with Gasteiger partial charge < -0.3 is 24.1 Å². The topological polar surface area (TPSA) is 161 Å². The van der Waals surface area contributed by atoms with Crippen LogP contribution in [0.15, 0.2) is 42.5 Å². The zero-order chi connectivity index (χ0) is 26.0. The first-order chi connectivity index (χ1) is 16.1. The third-order valence-electron chi connectivity index (χ3n) is 6.04.